The number of aromatic nitrogens is 1. The number of amides is 1. The van der Waals surface area contributed by atoms with Crippen LogP contribution in [0.3, 0.4) is 0 Å². The van der Waals surface area contributed by atoms with E-state index in [1.165, 1.54) is 0 Å². The number of benzene rings is 1. The topological polar surface area (TPSA) is 117 Å². The number of carbonyl (C=O) groups is 2. The minimum atomic E-state index is -0.957. The molecule has 2 aromatic rings. The highest BCUT2D eigenvalue weighted by Gasteiger charge is 2.14. The van der Waals surface area contributed by atoms with E-state index < -0.39 is 12.0 Å². The summed E-state index contributed by atoms with van der Waals surface area (Å²) < 4.78 is 5.22. The van der Waals surface area contributed by atoms with Crippen LogP contribution in [0.2, 0.25) is 0 Å². The number of nitrogens with one attached hydrogen (secondary N) is 2. The molecule has 7 heteroatoms. The fourth-order valence-corrected chi connectivity index (χ4v) is 2.35. The largest absolute Gasteiger partial charge is 0.497 e. The Hall–Kier alpha value is -2.54. The number of carboxylic acid groups (broad SMARTS) is 1. The molecule has 0 saturated carbocycles. The maximum absolute atomic E-state index is 11.8. The summed E-state index contributed by atoms with van der Waals surface area (Å²) in [5.41, 5.74) is 7.73. The Kier molecular flexibility index (Phi) is 5.59. The average molecular weight is 319 g/mol. The summed E-state index contributed by atoms with van der Waals surface area (Å²) in [4.78, 5) is 25.4. The zero-order chi connectivity index (χ0) is 16.8. The Morgan fingerprint density at radius 2 is 2.22 bits per heavy atom. The van der Waals surface area contributed by atoms with Gasteiger partial charge in [0.25, 0.3) is 0 Å². The van der Waals surface area contributed by atoms with E-state index >= 15 is 0 Å². The predicted octanol–water partition coefficient (Wildman–Crippen LogP) is 1.03. The average Bonchev–Trinajstić information content (AvgIpc) is 2.94. The van der Waals surface area contributed by atoms with Gasteiger partial charge >= 0.3 is 5.97 Å². The third-order valence-electron chi connectivity index (χ3n) is 3.67. The van der Waals surface area contributed by atoms with E-state index in [1.807, 2.05) is 24.4 Å². The maximum atomic E-state index is 11.8. The van der Waals surface area contributed by atoms with Crippen molar-refractivity contribution in [1.29, 1.82) is 0 Å². The van der Waals surface area contributed by atoms with Gasteiger partial charge in [-0.15, -0.1) is 0 Å². The third-order valence-corrected chi connectivity index (χ3v) is 3.67. The number of hydrogen-bond acceptors (Lipinski definition) is 4. The molecule has 1 amide bonds. The highest BCUT2D eigenvalue weighted by atomic mass is 16.5. The first-order valence-corrected chi connectivity index (χ1v) is 7.40. The SMILES string of the molecule is COc1ccc2[nH]cc(CCNC(=O)[C@@H](N)CCC(=O)O)c2c1. The van der Waals surface area contributed by atoms with Crippen molar-refractivity contribution in [3.05, 3.63) is 30.0 Å². The molecule has 0 saturated heterocycles. The van der Waals surface area contributed by atoms with E-state index in [1.54, 1.807) is 7.11 Å². The van der Waals surface area contributed by atoms with Crippen LogP contribution < -0.4 is 15.8 Å². The second-order valence-corrected chi connectivity index (χ2v) is 5.31. The molecule has 2 rings (SSSR count). The summed E-state index contributed by atoms with van der Waals surface area (Å²) in [7, 11) is 1.62. The van der Waals surface area contributed by atoms with E-state index in [-0.39, 0.29) is 18.7 Å². The Balaban J connectivity index is 1.88. The quantitative estimate of drug-likeness (QED) is 0.579. The number of methoxy groups -OCH3 is 1. The van der Waals surface area contributed by atoms with Crippen LogP contribution in [-0.4, -0.2) is 41.7 Å². The lowest BCUT2D eigenvalue weighted by Gasteiger charge is -2.11. The third kappa shape index (κ3) is 4.46. The second kappa shape index (κ2) is 7.64. The molecule has 1 aromatic carbocycles. The predicted molar refractivity (Wildman–Crippen MR) is 86.4 cm³/mol. The first-order chi connectivity index (χ1) is 11.0. The fraction of sp³-hybridized carbons (Fsp3) is 0.375. The lowest BCUT2D eigenvalue weighted by Crippen LogP contribution is -2.41. The molecule has 0 fully saturated rings. The van der Waals surface area contributed by atoms with Crippen molar-refractivity contribution in [2.45, 2.75) is 25.3 Å². The van der Waals surface area contributed by atoms with Crippen molar-refractivity contribution in [3.8, 4) is 5.75 Å². The summed E-state index contributed by atoms with van der Waals surface area (Å²) in [6.45, 7) is 0.434. The van der Waals surface area contributed by atoms with Crippen molar-refractivity contribution < 1.29 is 19.4 Å². The summed E-state index contributed by atoms with van der Waals surface area (Å²) in [6, 6.07) is 4.97. The Labute approximate surface area is 133 Å². The smallest absolute Gasteiger partial charge is 0.303 e. The van der Waals surface area contributed by atoms with Gasteiger partial charge in [-0.2, -0.15) is 0 Å². The number of carboxylic acids is 1. The molecule has 1 atom stereocenters. The number of rotatable bonds is 8. The van der Waals surface area contributed by atoms with Crippen LogP contribution >= 0.6 is 0 Å². The van der Waals surface area contributed by atoms with Crippen LogP contribution in [0.15, 0.2) is 24.4 Å². The minimum absolute atomic E-state index is 0.114. The summed E-state index contributed by atoms with van der Waals surface area (Å²) in [5.74, 6) is -0.511. The van der Waals surface area contributed by atoms with E-state index in [0.717, 1.165) is 22.2 Å². The summed E-state index contributed by atoms with van der Waals surface area (Å²) in [5, 5.41) is 12.4. The standard InChI is InChI=1S/C16H21N3O4/c1-23-11-2-4-14-12(8-11)10(9-19-14)6-7-18-16(22)13(17)3-5-15(20)21/h2,4,8-9,13,19H,3,5-7,17H2,1H3,(H,18,22)(H,20,21)/t13-/m0/s1. The molecule has 0 aliphatic rings. The molecule has 23 heavy (non-hydrogen) atoms. The van der Waals surface area contributed by atoms with Gasteiger partial charge in [-0.3, -0.25) is 9.59 Å². The number of aliphatic carboxylic acids is 1. The van der Waals surface area contributed by atoms with E-state index in [0.29, 0.717) is 13.0 Å². The fourth-order valence-electron chi connectivity index (χ4n) is 2.35. The maximum Gasteiger partial charge on any atom is 0.303 e. The van der Waals surface area contributed by atoms with Crippen molar-refractivity contribution in [3.63, 3.8) is 0 Å². The minimum Gasteiger partial charge on any atom is -0.497 e. The molecule has 1 heterocycles. The molecule has 0 aliphatic heterocycles. The molecular weight excluding hydrogens is 298 g/mol. The number of hydrogen-bond donors (Lipinski definition) is 4. The van der Waals surface area contributed by atoms with Gasteiger partial charge in [-0.1, -0.05) is 0 Å². The zero-order valence-electron chi connectivity index (χ0n) is 13.0. The van der Waals surface area contributed by atoms with Crippen LogP contribution in [0.25, 0.3) is 10.9 Å². The highest BCUT2D eigenvalue weighted by molar-refractivity contribution is 5.85. The molecular formula is C16H21N3O4. The Morgan fingerprint density at radius 1 is 1.43 bits per heavy atom. The molecule has 5 N–H and O–H groups in total. The highest BCUT2D eigenvalue weighted by Crippen LogP contribution is 2.23. The Bertz CT molecular complexity index is 696. The van der Waals surface area contributed by atoms with Crippen LogP contribution in [0.5, 0.6) is 5.75 Å². The van der Waals surface area contributed by atoms with Gasteiger partial charge in [0, 0.05) is 30.1 Å². The molecule has 7 nitrogen and oxygen atoms in total. The van der Waals surface area contributed by atoms with Crippen molar-refractivity contribution >= 4 is 22.8 Å². The van der Waals surface area contributed by atoms with Crippen molar-refractivity contribution in [1.82, 2.24) is 10.3 Å². The molecule has 0 radical (unpaired) electrons. The summed E-state index contributed by atoms with van der Waals surface area (Å²) >= 11 is 0. The zero-order valence-corrected chi connectivity index (χ0v) is 13.0. The van der Waals surface area contributed by atoms with Gasteiger partial charge in [-0.25, -0.2) is 0 Å². The van der Waals surface area contributed by atoms with Gasteiger partial charge in [0.15, 0.2) is 0 Å². The molecule has 124 valence electrons. The van der Waals surface area contributed by atoms with Crippen LogP contribution in [0.1, 0.15) is 18.4 Å². The monoisotopic (exact) mass is 319 g/mol. The second-order valence-electron chi connectivity index (χ2n) is 5.31. The molecule has 1 aromatic heterocycles. The van der Waals surface area contributed by atoms with E-state index in [4.69, 9.17) is 15.6 Å². The van der Waals surface area contributed by atoms with E-state index in [9.17, 15) is 9.59 Å². The lowest BCUT2D eigenvalue weighted by atomic mass is 10.1. The summed E-state index contributed by atoms with van der Waals surface area (Å²) in [6.07, 6.45) is 2.56. The Morgan fingerprint density at radius 3 is 2.91 bits per heavy atom. The van der Waals surface area contributed by atoms with E-state index in [2.05, 4.69) is 10.3 Å². The number of carbonyl (C=O) groups excluding carboxylic acids is 1. The van der Waals surface area contributed by atoms with Gasteiger partial charge < -0.3 is 25.9 Å². The molecule has 0 unspecified atom stereocenters. The van der Waals surface area contributed by atoms with Crippen LogP contribution in [0, 0.1) is 0 Å². The van der Waals surface area contributed by atoms with Crippen molar-refractivity contribution in [2.75, 3.05) is 13.7 Å². The number of nitrogens with two attached hydrogens (primary N) is 1. The number of fused-ring (bicyclic) bond motifs is 1. The normalized spacial score (nSPS) is 12.1. The van der Waals surface area contributed by atoms with Crippen molar-refractivity contribution in [2.24, 2.45) is 5.73 Å². The first kappa shape index (κ1) is 16.8. The number of H-pyrrole nitrogens is 1. The van der Waals surface area contributed by atoms with Gasteiger partial charge in [0.05, 0.1) is 13.2 Å². The first-order valence-electron chi connectivity index (χ1n) is 7.40. The molecule has 0 aliphatic carbocycles. The van der Waals surface area contributed by atoms with Gasteiger partial charge in [0.1, 0.15) is 5.75 Å². The van der Waals surface area contributed by atoms with Gasteiger partial charge in [0.2, 0.25) is 5.91 Å². The lowest BCUT2D eigenvalue weighted by molar-refractivity contribution is -0.137. The molecule has 0 spiro atoms. The molecule has 0 bridgehead atoms. The number of aromatic amines is 1. The number of ether oxygens (including phenoxy) is 1. The van der Waals surface area contributed by atoms with Crippen LogP contribution in [0.4, 0.5) is 0 Å². The van der Waals surface area contributed by atoms with Crippen LogP contribution in [-0.2, 0) is 16.0 Å². The van der Waals surface area contributed by atoms with Gasteiger partial charge in [-0.05, 0) is 36.6 Å².